The van der Waals surface area contributed by atoms with Crippen LogP contribution in [0.5, 0.6) is 0 Å². The number of nitrogens with one attached hydrogen (secondary N) is 1. The van der Waals surface area contributed by atoms with Gasteiger partial charge in [0.25, 0.3) is 0 Å². The quantitative estimate of drug-likeness (QED) is 0.901. The molecule has 1 aromatic carbocycles. The van der Waals surface area contributed by atoms with E-state index in [1.807, 2.05) is 0 Å². The van der Waals surface area contributed by atoms with Gasteiger partial charge in [0.05, 0.1) is 11.2 Å². The fraction of sp³-hybridized carbons (Fsp3) is 0.500. The van der Waals surface area contributed by atoms with E-state index in [1.54, 1.807) is 0 Å². The summed E-state index contributed by atoms with van der Waals surface area (Å²) in [5.74, 6) is 0. The van der Waals surface area contributed by atoms with E-state index in [0.717, 1.165) is 19.6 Å². The summed E-state index contributed by atoms with van der Waals surface area (Å²) in [6.45, 7) is 8.00. The molecule has 2 aliphatic heterocycles. The number of hydrogen-bond acceptors (Lipinski definition) is 4. The first kappa shape index (κ1) is 13.5. The number of piperazine rings is 1. The van der Waals surface area contributed by atoms with Crippen LogP contribution in [0.1, 0.15) is 6.92 Å². The minimum absolute atomic E-state index is 0.0112. The van der Waals surface area contributed by atoms with E-state index >= 15 is 0 Å². The maximum atomic E-state index is 3.38. The molecule has 0 aliphatic carbocycles. The molecule has 1 atom stereocenters. The van der Waals surface area contributed by atoms with Crippen LogP contribution < -0.4 is 10.4 Å². The third-order valence-electron chi connectivity index (χ3n) is 4.31. The molecule has 2 aliphatic rings. The second-order valence-electron chi connectivity index (χ2n) is 6.07. The highest BCUT2D eigenvalue weighted by molar-refractivity contribution is 5.51. The lowest BCUT2D eigenvalue weighted by Crippen LogP contribution is -2.56. The molecule has 1 N–H and O–H groups in total. The summed E-state index contributed by atoms with van der Waals surface area (Å²) < 4.78 is 0. The average Bonchev–Trinajstić information content (AvgIpc) is 2.84. The Morgan fingerprint density at radius 2 is 1.80 bits per heavy atom. The number of nitrogens with zero attached hydrogens (tertiary/aromatic N) is 3. The normalized spacial score (nSPS) is 27.8. The predicted molar refractivity (Wildman–Crippen MR) is 83.5 cm³/mol. The van der Waals surface area contributed by atoms with E-state index in [-0.39, 0.29) is 5.54 Å². The zero-order valence-electron chi connectivity index (χ0n) is 12.4. The molecule has 108 valence electrons. The first-order chi connectivity index (χ1) is 9.67. The summed E-state index contributed by atoms with van der Waals surface area (Å²) in [4.78, 5) is 4.96. The fourth-order valence-electron chi connectivity index (χ4n) is 3.04. The number of rotatable bonds is 3. The van der Waals surface area contributed by atoms with Gasteiger partial charge in [-0.25, -0.2) is 0 Å². The molecule has 1 aromatic rings. The van der Waals surface area contributed by atoms with Crippen LogP contribution in [0.25, 0.3) is 0 Å². The molecule has 4 heteroatoms. The molecule has 0 spiro atoms. The second kappa shape index (κ2) is 5.46. The van der Waals surface area contributed by atoms with E-state index in [2.05, 4.69) is 76.8 Å². The summed E-state index contributed by atoms with van der Waals surface area (Å²) in [7, 11) is 2.20. The van der Waals surface area contributed by atoms with Crippen LogP contribution in [0.3, 0.4) is 0 Å². The summed E-state index contributed by atoms with van der Waals surface area (Å²) in [6.07, 6.45) is 4.33. The van der Waals surface area contributed by atoms with Gasteiger partial charge in [0.1, 0.15) is 0 Å². The molecule has 3 rings (SSSR count). The van der Waals surface area contributed by atoms with Crippen molar-refractivity contribution in [2.45, 2.75) is 12.5 Å². The number of likely N-dealkylation sites (N-methyl/N-ethyl adjacent to an activating group) is 1. The van der Waals surface area contributed by atoms with Crippen molar-refractivity contribution in [1.29, 1.82) is 0 Å². The molecule has 1 fully saturated rings. The molecule has 1 saturated heterocycles. The molecule has 2 heterocycles. The summed E-state index contributed by atoms with van der Waals surface area (Å²) in [5, 5.41) is 2.27. The molecule has 0 amide bonds. The zero-order valence-corrected chi connectivity index (χ0v) is 12.4. The highest BCUT2D eigenvalue weighted by Crippen LogP contribution is 2.27. The standard InChI is InChI=1S/C16H24N4/c1-16(14-19-12-10-18(2)11-13-19)8-9-17-20(16)15-6-4-3-5-7-15/h3-9,17H,10-14H2,1-2H3. The van der Waals surface area contributed by atoms with Crippen molar-refractivity contribution in [3.8, 4) is 0 Å². The van der Waals surface area contributed by atoms with E-state index < -0.39 is 0 Å². The van der Waals surface area contributed by atoms with Gasteiger partial charge in [0, 0.05) is 38.9 Å². The van der Waals surface area contributed by atoms with Crippen LogP contribution in [0.2, 0.25) is 0 Å². The Balaban J connectivity index is 1.71. The molecule has 1 unspecified atom stereocenters. The van der Waals surface area contributed by atoms with E-state index in [9.17, 15) is 0 Å². The Morgan fingerprint density at radius 1 is 1.10 bits per heavy atom. The van der Waals surface area contributed by atoms with Crippen LogP contribution >= 0.6 is 0 Å². The topological polar surface area (TPSA) is 21.8 Å². The van der Waals surface area contributed by atoms with E-state index in [1.165, 1.54) is 18.8 Å². The van der Waals surface area contributed by atoms with Gasteiger partial charge >= 0.3 is 0 Å². The highest BCUT2D eigenvalue weighted by Gasteiger charge is 2.35. The Morgan fingerprint density at radius 3 is 2.50 bits per heavy atom. The fourth-order valence-corrected chi connectivity index (χ4v) is 3.04. The molecule has 0 radical (unpaired) electrons. The van der Waals surface area contributed by atoms with Gasteiger partial charge in [-0.2, -0.15) is 0 Å². The van der Waals surface area contributed by atoms with Gasteiger partial charge in [0.2, 0.25) is 0 Å². The summed E-state index contributed by atoms with van der Waals surface area (Å²) in [6, 6.07) is 10.5. The summed E-state index contributed by atoms with van der Waals surface area (Å²) in [5.41, 5.74) is 4.61. The first-order valence-corrected chi connectivity index (χ1v) is 7.37. The van der Waals surface area contributed by atoms with Gasteiger partial charge in [0.15, 0.2) is 0 Å². The van der Waals surface area contributed by atoms with Gasteiger partial charge in [-0.05, 0) is 32.2 Å². The van der Waals surface area contributed by atoms with Gasteiger partial charge in [-0.1, -0.05) is 18.2 Å². The number of hydrogen-bond donors (Lipinski definition) is 1. The lowest BCUT2D eigenvalue weighted by Gasteiger charge is -2.42. The van der Waals surface area contributed by atoms with Gasteiger partial charge in [-0.15, -0.1) is 0 Å². The molecule has 4 nitrogen and oxygen atoms in total. The Bertz CT molecular complexity index is 465. The van der Waals surface area contributed by atoms with Gasteiger partial charge in [-0.3, -0.25) is 9.91 Å². The first-order valence-electron chi connectivity index (χ1n) is 7.37. The van der Waals surface area contributed by atoms with Crippen LogP contribution in [0.15, 0.2) is 42.6 Å². The molecular weight excluding hydrogens is 248 g/mol. The number of anilines is 1. The minimum atomic E-state index is 0.0112. The monoisotopic (exact) mass is 272 g/mol. The SMILES string of the molecule is CN1CCN(CC2(C)C=CNN2c2ccccc2)CC1. The van der Waals surface area contributed by atoms with Crippen molar-refractivity contribution in [2.24, 2.45) is 0 Å². The molecule has 0 bridgehead atoms. The van der Waals surface area contributed by atoms with Crippen LogP contribution in [-0.2, 0) is 0 Å². The largest absolute Gasteiger partial charge is 0.305 e. The van der Waals surface area contributed by atoms with Crippen molar-refractivity contribution in [3.63, 3.8) is 0 Å². The second-order valence-corrected chi connectivity index (χ2v) is 6.07. The van der Waals surface area contributed by atoms with E-state index in [4.69, 9.17) is 0 Å². The van der Waals surface area contributed by atoms with Crippen LogP contribution in [0, 0.1) is 0 Å². The molecular formula is C16H24N4. The Labute approximate surface area is 121 Å². The maximum Gasteiger partial charge on any atom is 0.0907 e. The summed E-state index contributed by atoms with van der Waals surface area (Å²) >= 11 is 0. The van der Waals surface area contributed by atoms with Crippen LogP contribution in [-0.4, -0.2) is 55.1 Å². The minimum Gasteiger partial charge on any atom is -0.305 e. The lowest BCUT2D eigenvalue weighted by molar-refractivity contribution is 0.137. The van der Waals surface area contributed by atoms with Crippen molar-refractivity contribution in [1.82, 2.24) is 15.2 Å². The smallest absolute Gasteiger partial charge is 0.0907 e. The lowest BCUT2D eigenvalue weighted by atomic mass is 10.0. The highest BCUT2D eigenvalue weighted by atomic mass is 15.6. The van der Waals surface area contributed by atoms with E-state index in [0.29, 0.717) is 0 Å². The average molecular weight is 272 g/mol. The zero-order chi connectivity index (χ0) is 14.0. The van der Waals surface area contributed by atoms with Gasteiger partial charge < -0.3 is 10.3 Å². The third kappa shape index (κ3) is 2.67. The number of benzene rings is 1. The number of para-hydroxylation sites is 1. The third-order valence-corrected chi connectivity index (χ3v) is 4.31. The predicted octanol–water partition coefficient (Wildman–Crippen LogP) is 1.53. The maximum absolute atomic E-state index is 3.38. The van der Waals surface area contributed by atoms with Crippen molar-refractivity contribution < 1.29 is 0 Å². The molecule has 20 heavy (non-hydrogen) atoms. The molecule has 0 saturated carbocycles. The number of hydrazine groups is 1. The Kier molecular flexibility index (Phi) is 3.68. The Hall–Kier alpha value is -1.52. The molecule has 0 aromatic heterocycles. The van der Waals surface area contributed by atoms with Crippen molar-refractivity contribution >= 4 is 5.69 Å². The van der Waals surface area contributed by atoms with Crippen molar-refractivity contribution in [3.05, 3.63) is 42.6 Å². The van der Waals surface area contributed by atoms with Crippen LogP contribution in [0.4, 0.5) is 5.69 Å². The van der Waals surface area contributed by atoms with Crippen molar-refractivity contribution in [2.75, 3.05) is 44.8 Å².